The molecule has 0 aliphatic rings. The number of benzene rings is 1. The second-order valence-corrected chi connectivity index (χ2v) is 8.15. The second-order valence-electron chi connectivity index (χ2n) is 7.21. The lowest BCUT2D eigenvalue weighted by atomic mass is 10.1. The van der Waals surface area contributed by atoms with Crippen LogP contribution in [0.5, 0.6) is 0 Å². The van der Waals surface area contributed by atoms with Crippen LogP contribution >= 0.6 is 11.8 Å². The molecule has 0 fully saturated rings. The number of nitrogens with zero attached hydrogens (tertiary/aromatic N) is 6. The molecule has 3 aromatic heterocycles. The number of carbonyl (C=O) groups excluding carboxylic acids is 1. The Morgan fingerprint density at radius 3 is 2.77 bits per heavy atom. The van der Waals surface area contributed by atoms with Crippen LogP contribution in [0.4, 0.5) is 5.82 Å². The Kier molecular flexibility index (Phi) is 6.13. The third kappa shape index (κ3) is 5.00. The zero-order chi connectivity index (χ0) is 21.8. The predicted octanol–water partition coefficient (Wildman–Crippen LogP) is 3.56. The molecule has 0 saturated heterocycles. The molecule has 0 saturated carbocycles. The van der Waals surface area contributed by atoms with Crippen LogP contribution in [-0.4, -0.2) is 41.2 Å². The molecule has 31 heavy (non-hydrogen) atoms. The summed E-state index contributed by atoms with van der Waals surface area (Å²) in [5.41, 5.74) is 4.21. The van der Waals surface area contributed by atoms with E-state index in [2.05, 4.69) is 57.6 Å². The largest absolute Gasteiger partial charge is 0.308 e. The summed E-state index contributed by atoms with van der Waals surface area (Å²) < 4.78 is 3.73. The first-order valence-corrected chi connectivity index (χ1v) is 10.8. The highest BCUT2D eigenvalue weighted by atomic mass is 32.2. The highest BCUT2D eigenvalue weighted by molar-refractivity contribution is 7.99. The summed E-state index contributed by atoms with van der Waals surface area (Å²) in [6.45, 7) is 6.56. The minimum atomic E-state index is -0.152. The molecule has 1 amide bonds. The van der Waals surface area contributed by atoms with Gasteiger partial charge in [0.05, 0.1) is 23.7 Å². The van der Waals surface area contributed by atoms with Gasteiger partial charge in [-0.3, -0.25) is 19.0 Å². The summed E-state index contributed by atoms with van der Waals surface area (Å²) in [6, 6.07) is 13.8. The van der Waals surface area contributed by atoms with Crippen molar-refractivity contribution in [3.63, 3.8) is 0 Å². The zero-order valence-corrected chi connectivity index (χ0v) is 18.4. The van der Waals surface area contributed by atoms with E-state index in [-0.39, 0.29) is 11.7 Å². The van der Waals surface area contributed by atoms with Gasteiger partial charge in [0.15, 0.2) is 11.0 Å². The Bertz CT molecular complexity index is 1200. The van der Waals surface area contributed by atoms with E-state index in [1.807, 2.05) is 35.9 Å². The third-order valence-electron chi connectivity index (χ3n) is 4.69. The Labute approximate surface area is 184 Å². The number of carbonyl (C=O) groups is 1. The first-order chi connectivity index (χ1) is 15.0. The van der Waals surface area contributed by atoms with E-state index in [0.29, 0.717) is 17.5 Å². The van der Waals surface area contributed by atoms with Gasteiger partial charge in [-0.25, -0.2) is 0 Å². The van der Waals surface area contributed by atoms with Crippen LogP contribution in [0.15, 0.2) is 60.0 Å². The maximum Gasteiger partial charge on any atom is 0.236 e. The Morgan fingerprint density at radius 1 is 1.10 bits per heavy atom. The van der Waals surface area contributed by atoms with Gasteiger partial charge in [-0.1, -0.05) is 30.0 Å². The standard InChI is InChI=1S/C22H23N7OS/c1-15-7-8-16(2)19(12-15)29-17(3)25-26-22(29)31-14-21(30)24-20-9-11-28(27-20)13-18-6-4-5-10-23-18/h4-12H,13-14H2,1-3H3,(H,24,27,30). The van der Waals surface area contributed by atoms with Crippen molar-refractivity contribution in [2.45, 2.75) is 32.5 Å². The number of rotatable bonds is 7. The van der Waals surface area contributed by atoms with E-state index in [1.165, 1.54) is 11.8 Å². The second kappa shape index (κ2) is 9.13. The van der Waals surface area contributed by atoms with E-state index < -0.39 is 0 Å². The molecule has 158 valence electrons. The van der Waals surface area contributed by atoms with E-state index in [9.17, 15) is 4.79 Å². The van der Waals surface area contributed by atoms with E-state index in [0.717, 1.165) is 28.3 Å². The number of nitrogens with one attached hydrogen (secondary N) is 1. The van der Waals surface area contributed by atoms with Gasteiger partial charge in [0.2, 0.25) is 5.91 Å². The fraction of sp³-hybridized carbons (Fsp3) is 0.227. The summed E-state index contributed by atoms with van der Waals surface area (Å²) >= 11 is 1.35. The molecular weight excluding hydrogens is 410 g/mol. The van der Waals surface area contributed by atoms with Crippen molar-refractivity contribution in [2.24, 2.45) is 0 Å². The van der Waals surface area contributed by atoms with Crippen LogP contribution in [0, 0.1) is 20.8 Å². The number of hydrogen-bond donors (Lipinski definition) is 1. The minimum absolute atomic E-state index is 0.152. The van der Waals surface area contributed by atoms with Crippen molar-refractivity contribution < 1.29 is 4.79 Å². The fourth-order valence-corrected chi connectivity index (χ4v) is 3.95. The van der Waals surface area contributed by atoms with E-state index >= 15 is 0 Å². The number of pyridine rings is 1. The summed E-state index contributed by atoms with van der Waals surface area (Å²) in [4.78, 5) is 16.8. The number of anilines is 1. The van der Waals surface area contributed by atoms with Gasteiger partial charge in [0.1, 0.15) is 5.82 Å². The lowest BCUT2D eigenvalue weighted by Gasteiger charge is -2.12. The number of thioether (sulfide) groups is 1. The summed E-state index contributed by atoms with van der Waals surface area (Å²) in [6.07, 6.45) is 3.56. The molecule has 0 aliphatic carbocycles. The Morgan fingerprint density at radius 2 is 1.97 bits per heavy atom. The number of amides is 1. The highest BCUT2D eigenvalue weighted by Gasteiger charge is 2.15. The smallest absolute Gasteiger partial charge is 0.236 e. The average molecular weight is 434 g/mol. The van der Waals surface area contributed by atoms with Gasteiger partial charge >= 0.3 is 0 Å². The maximum absolute atomic E-state index is 12.5. The van der Waals surface area contributed by atoms with E-state index in [1.54, 1.807) is 16.9 Å². The van der Waals surface area contributed by atoms with Gasteiger partial charge < -0.3 is 5.32 Å². The van der Waals surface area contributed by atoms with Gasteiger partial charge in [-0.2, -0.15) is 5.10 Å². The van der Waals surface area contributed by atoms with Crippen LogP contribution in [0.1, 0.15) is 22.6 Å². The molecule has 4 aromatic rings. The van der Waals surface area contributed by atoms with E-state index in [4.69, 9.17) is 0 Å². The number of aryl methyl sites for hydroxylation is 3. The molecule has 0 spiro atoms. The molecule has 0 bridgehead atoms. The molecule has 3 heterocycles. The predicted molar refractivity (Wildman–Crippen MR) is 120 cm³/mol. The molecular formula is C22H23N7OS. The Balaban J connectivity index is 1.40. The number of hydrogen-bond acceptors (Lipinski definition) is 6. The topological polar surface area (TPSA) is 90.5 Å². The molecule has 8 nitrogen and oxygen atoms in total. The maximum atomic E-state index is 12.5. The van der Waals surface area contributed by atoms with Crippen LogP contribution < -0.4 is 5.32 Å². The summed E-state index contributed by atoms with van der Waals surface area (Å²) in [5.74, 6) is 1.34. The third-order valence-corrected chi connectivity index (χ3v) is 5.62. The van der Waals surface area contributed by atoms with Crippen LogP contribution in [0.3, 0.4) is 0 Å². The average Bonchev–Trinajstić information content (AvgIpc) is 3.35. The van der Waals surface area contributed by atoms with Crippen molar-refractivity contribution in [3.8, 4) is 5.69 Å². The lowest BCUT2D eigenvalue weighted by molar-refractivity contribution is -0.113. The van der Waals surface area contributed by atoms with Gasteiger partial charge in [-0.15, -0.1) is 10.2 Å². The van der Waals surface area contributed by atoms with Crippen molar-refractivity contribution in [1.82, 2.24) is 29.5 Å². The first kappa shape index (κ1) is 20.8. The molecule has 0 unspecified atom stereocenters. The van der Waals surface area contributed by atoms with Crippen molar-refractivity contribution in [2.75, 3.05) is 11.1 Å². The molecule has 1 aromatic carbocycles. The molecule has 0 radical (unpaired) electrons. The van der Waals surface area contributed by atoms with Crippen LogP contribution in [0.2, 0.25) is 0 Å². The van der Waals surface area contributed by atoms with Gasteiger partial charge in [0, 0.05) is 18.5 Å². The zero-order valence-electron chi connectivity index (χ0n) is 17.6. The lowest BCUT2D eigenvalue weighted by Crippen LogP contribution is -2.15. The molecule has 4 rings (SSSR count). The van der Waals surface area contributed by atoms with Crippen molar-refractivity contribution >= 4 is 23.5 Å². The quantitative estimate of drug-likeness (QED) is 0.448. The minimum Gasteiger partial charge on any atom is -0.308 e. The first-order valence-electron chi connectivity index (χ1n) is 9.85. The van der Waals surface area contributed by atoms with Gasteiger partial charge in [-0.05, 0) is 50.1 Å². The monoisotopic (exact) mass is 433 g/mol. The molecule has 1 N–H and O–H groups in total. The van der Waals surface area contributed by atoms with Crippen LogP contribution in [-0.2, 0) is 11.3 Å². The summed E-state index contributed by atoms with van der Waals surface area (Å²) in [7, 11) is 0. The number of aromatic nitrogens is 6. The van der Waals surface area contributed by atoms with Crippen molar-refractivity contribution in [3.05, 3.63) is 77.5 Å². The molecule has 0 aliphatic heterocycles. The van der Waals surface area contributed by atoms with Gasteiger partial charge in [0.25, 0.3) is 0 Å². The Hall–Kier alpha value is -3.46. The fourth-order valence-electron chi connectivity index (χ4n) is 3.16. The normalized spacial score (nSPS) is 10.9. The molecule has 0 atom stereocenters. The molecule has 9 heteroatoms. The van der Waals surface area contributed by atoms with Crippen LogP contribution in [0.25, 0.3) is 5.69 Å². The summed E-state index contributed by atoms with van der Waals surface area (Å²) in [5, 5.41) is 16.4. The van der Waals surface area contributed by atoms with Crippen molar-refractivity contribution in [1.29, 1.82) is 0 Å². The SMILES string of the molecule is Cc1ccc(C)c(-n2c(C)nnc2SCC(=O)Nc2ccn(Cc3ccccn3)n2)c1. The highest BCUT2D eigenvalue weighted by Crippen LogP contribution is 2.25.